The molecule has 0 radical (unpaired) electrons. The summed E-state index contributed by atoms with van der Waals surface area (Å²) in [7, 11) is 1.65. The second-order valence-electron chi connectivity index (χ2n) is 5.35. The van der Waals surface area contributed by atoms with Crippen LogP contribution < -0.4 is 5.06 Å². The predicted octanol–water partition coefficient (Wildman–Crippen LogP) is 3.96. The fourth-order valence-corrected chi connectivity index (χ4v) is 3.87. The van der Waals surface area contributed by atoms with Gasteiger partial charge in [0, 0.05) is 30.0 Å². The number of aromatic nitrogens is 4. The fourth-order valence-electron chi connectivity index (χ4n) is 2.59. The minimum atomic E-state index is 0.725. The zero-order chi connectivity index (χ0) is 16.7. The summed E-state index contributed by atoms with van der Waals surface area (Å²) in [6.45, 7) is 2.65. The maximum absolute atomic E-state index is 5.60. The maximum Gasteiger partial charge on any atom is 0.191 e. The van der Waals surface area contributed by atoms with Crippen molar-refractivity contribution in [3.8, 4) is 0 Å². The molecule has 4 rings (SSSR count). The summed E-state index contributed by atoms with van der Waals surface area (Å²) in [4.78, 5) is 19.9. The van der Waals surface area contributed by atoms with E-state index < -0.39 is 0 Å². The van der Waals surface area contributed by atoms with Crippen LogP contribution in [0.25, 0.3) is 0 Å². The van der Waals surface area contributed by atoms with Crippen molar-refractivity contribution >= 4 is 39.2 Å². The Bertz CT molecular complexity index is 913. The van der Waals surface area contributed by atoms with E-state index in [1.807, 2.05) is 17.7 Å². The summed E-state index contributed by atoms with van der Waals surface area (Å²) < 4.78 is 2.84. The molecule has 24 heavy (non-hydrogen) atoms. The van der Waals surface area contributed by atoms with Crippen molar-refractivity contribution in [2.75, 3.05) is 12.2 Å². The molecule has 0 spiro atoms. The molecule has 0 atom stereocenters. The number of anilines is 2. The van der Waals surface area contributed by atoms with E-state index in [0.29, 0.717) is 0 Å². The first-order valence-electron chi connectivity index (χ1n) is 7.31. The van der Waals surface area contributed by atoms with E-state index in [0.717, 1.165) is 44.0 Å². The lowest BCUT2D eigenvalue weighted by molar-refractivity contribution is 0.195. The molecule has 1 aliphatic heterocycles. The minimum Gasteiger partial charge on any atom is -0.321 e. The van der Waals surface area contributed by atoms with E-state index in [2.05, 4.69) is 49.1 Å². The molecule has 0 N–H and O–H groups in total. The van der Waals surface area contributed by atoms with Crippen LogP contribution in [-0.2, 0) is 11.4 Å². The Hall–Kier alpha value is -1.90. The van der Waals surface area contributed by atoms with Gasteiger partial charge in [0.2, 0.25) is 0 Å². The topological polar surface area (TPSA) is 56.1 Å². The Morgan fingerprint density at radius 3 is 2.92 bits per heavy atom. The first-order valence-corrected chi connectivity index (χ1v) is 8.92. The summed E-state index contributed by atoms with van der Waals surface area (Å²) in [5.41, 5.74) is 2.99. The predicted molar refractivity (Wildman–Crippen MR) is 95.5 cm³/mol. The van der Waals surface area contributed by atoms with Crippen LogP contribution in [0.1, 0.15) is 11.3 Å². The Morgan fingerprint density at radius 1 is 1.29 bits per heavy atom. The van der Waals surface area contributed by atoms with Gasteiger partial charge < -0.3 is 4.57 Å². The molecule has 0 fully saturated rings. The molecular weight excluding hydrogens is 390 g/mol. The third-order valence-corrected chi connectivity index (χ3v) is 5.39. The number of fused-ring (bicyclic) bond motifs is 2. The number of hydrogen-bond acceptors (Lipinski definition) is 6. The van der Waals surface area contributed by atoms with Crippen molar-refractivity contribution in [3.63, 3.8) is 0 Å². The molecule has 0 amide bonds. The van der Waals surface area contributed by atoms with Gasteiger partial charge in [-0.15, -0.1) is 0 Å². The lowest BCUT2D eigenvalue weighted by atomic mass is 10.2. The van der Waals surface area contributed by atoms with Crippen molar-refractivity contribution < 1.29 is 4.84 Å². The molecule has 0 saturated carbocycles. The molecule has 1 aromatic carbocycles. The highest BCUT2D eigenvalue weighted by Gasteiger charge is 2.26. The van der Waals surface area contributed by atoms with Gasteiger partial charge in [-0.05, 0) is 40.5 Å². The van der Waals surface area contributed by atoms with Crippen LogP contribution in [0, 0.1) is 6.92 Å². The molecule has 3 heterocycles. The zero-order valence-corrected chi connectivity index (χ0v) is 15.5. The lowest BCUT2D eigenvalue weighted by Gasteiger charge is -2.29. The summed E-state index contributed by atoms with van der Waals surface area (Å²) in [5, 5.41) is 2.59. The summed E-state index contributed by atoms with van der Waals surface area (Å²) >= 11 is 5.05. The number of rotatable bonds is 3. The molecule has 0 unspecified atom stereocenters. The van der Waals surface area contributed by atoms with Gasteiger partial charge >= 0.3 is 0 Å². The fraction of sp³-hybridized carbons (Fsp3) is 0.188. The summed E-state index contributed by atoms with van der Waals surface area (Å²) in [6, 6.07) is 6.32. The van der Waals surface area contributed by atoms with Gasteiger partial charge in [0.25, 0.3) is 0 Å². The second-order valence-corrected chi connectivity index (χ2v) is 7.09. The number of nitrogens with zero attached hydrogens (tertiary/aromatic N) is 5. The standard InChI is InChI=1S/C16H14BrN5OS/c1-10-8-19-15-14(20-10)22(23-2)12-7-11(3-4-13(12)24-15)9-21-6-5-18-16(21)17/h3-8H,9H2,1-2H3. The van der Waals surface area contributed by atoms with Crippen LogP contribution in [-0.4, -0.2) is 26.6 Å². The monoisotopic (exact) mass is 403 g/mol. The quantitative estimate of drug-likeness (QED) is 0.659. The molecule has 0 bridgehead atoms. The average Bonchev–Trinajstić information content (AvgIpc) is 2.98. The van der Waals surface area contributed by atoms with Gasteiger partial charge in [-0.25, -0.2) is 15.0 Å². The number of hydrogen-bond donors (Lipinski definition) is 0. The maximum atomic E-state index is 5.60. The van der Waals surface area contributed by atoms with E-state index in [4.69, 9.17) is 4.84 Å². The molecule has 122 valence electrons. The molecule has 6 nitrogen and oxygen atoms in total. The van der Waals surface area contributed by atoms with Crippen molar-refractivity contribution in [2.45, 2.75) is 23.4 Å². The molecule has 0 saturated heterocycles. The SMILES string of the molecule is CON1c2cc(Cn3ccnc3Br)ccc2Sc2ncc(C)nc21. The van der Waals surface area contributed by atoms with Crippen LogP contribution in [0.3, 0.4) is 0 Å². The van der Waals surface area contributed by atoms with E-state index in [9.17, 15) is 0 Å². The van der Waals surface area contributed by atoms with Crippen molar-refractivity contribution in [1.29, 1.82) is 0 Å². The van der Waals surface area contributed by atoms with Gasteiger partial charge in [-0.3, -0.25) is 4.84 Å². The van der Waals surface area contributed by atoms with Gasteiger partial charge in [0.15, 0.2) is 10.6 Å². The van der Waals surface area contributed by atoms with E-state index in [-0.39, 0.29) is 0 Å². The van der Waals surface area contributed by atoms with Crippen LogP contribution in [0.2, 0.25) is 0 Å². The Labute approximate surface area is 152 Å². The smallest absolute Gasteiger partial charge is 0.191 e. The average molecular weight is 404 g/mol. The van der Waals surface area contributed by atoms with Gasteiger partial charge in [-0.1, -0.05) is 17.8 Å². The first kappa shape index (κ1) is 15.6. The van der Waals surface area contributed by atoms with Crippen LogP contribution in [0.15, 0.2) is 51.4 Å². The molecule has 2 aromatic heterocycles. The van der Waals surface area contributed by atoms with Crippen molar-refractivity contribution in [2.24, 2.45) is 0 Å². The molecule has 0 aliphatic carbocycles. The molecule has 8 heteroatoms. The number of halogens is 1. The van der Waals surface area contributed by atoms with E-state index >= 15 is 0 Å². The largest absolute Gasteiger partial charge is 0.321 e. The third kappa shape index (κ3) is 2.70. The molecular formula is C16H14BrN5OS. The van der Waals surface area contributed by atoms with Gasteiger partial charge in [0.1, 0.15) is 5.03 Å². The summed E-state index contributed by atoms with van der Waals surface area (Å²) in [5.74, 6) is 0.732. The van der Waals surface area contributed by atoms with Gasteiger partial charge in [-0.2, -0.15) is 5.06 Å². The third-order valence-electron chi connectivity index (χ3n) is 3.68. The van der Waals surface area contributed by atoms with Gasteiger partial charge in [0.05, 0.1) is 18.5 Å². The van der Waals surface area contributed by atoms with E-state index in [1.165, 1.54) is 0 Å². The number of imidazole rings is 1. The molecule has 3 aromatic rings. The Morgan fingerprint density at radius 2 is 2.17 bits per heavy atom. The van der Waals surface area contributed by atoms with Crippen molar-refractivity contribution in [3.05, 3.63) is 52.8 Å². The highest BCUT2D eigenvalue weighted by molar-refractivity contribution is 9.10. The number of benzene rings is 1. The first-order chi connectivity index (χ1) is 11.7. The van der Waals surface area contributed by atoms with Crippen LogP contribution in [0.5, 0.6) is 0 Å². The second kappa shape index (κ2) is 6.19. The lowest BCUT2D eigenvalue weighted by Crippen LogP contribution is -2.21. The van der Waals surface area contributed by atoms with Crippen LogP contribution >= 0.6 is 27.7 Å². The Kier molecular flexibility index (Phi) is 4.03. The minimum absolute atomic E-state index is 0.725. The highest BCUT2D eigenvalue weighted by atomic mass is 79.9. The van der Waals surface area contributed by atoms with Crippen molar-refractivity contribution in [1.82, 2.24) is 19.5 Å². The highest BCUT2D eigenvalue weighted by Crippen LogP contribution is 2.46. The summed E-state index contributed by atoms with van der Waals surface area (Å²) in [6.07, 6.45) is 5.49. The molecule has 1 aliphatic rings. The van der Waals surface area contributed by atoms with Crippen LogP contribution in [0.4, 0.5) is 11.5 Å². The number of aryl methyl sites for hydroxylation is 1. The Balaban J connectivity index is 1.74. The van der Waals surface area contributed by atoms with E-state index in [1.54, 1.807) is 36.3 Å². The zero-order valence-electron chi connectivity index (χ0n) is 13.1. The normalized spacial score (nSPS) is 12.9.